The Morgan fingerprint density at radius 2 is 2.00 bits per heavy atom. The van der Waals surface area contributed by atoms with Gasteiger partial charge in [-0.3, -0.25) is 4.79 Å². The van der Waals surface area contributed by atoms with Crippen LogP contribution in [0.25, 0.3) is 0 Å². The van der Waals surface area contributed by atoms with Crippen LogP contribution in [0.3, 0.4) is 0 Å². The van der Waals surface area contributed by atoms with E-state index >= 15 is 0 Å². The monoisotopic (exact) mass is 247 g/mol. The van der Waals surface area contributed by atoms with E-state index in [1.54, 1.807) is 0 Å². The molecule has 2 rings (SSSR count). The van der Waals surface area contributed by atoms with E-state index in [-0.39, 0.29) is 17.4 Å². The minimum atomic E-state index is -0.354. The molecule has 1 aromatic carbocycles. The van der Waals surface area contributed by atoms with E-state index in [9.17, 15) is 4.79 Å². The number of ether oxygens (including phenoxy) is 1. The summed E-state index contributed by atoms with van der Waals surface area (Å²) in [6, 6.07) is 8.03. The molecule has 3 nitrogen and oxygen atoms in total. The first-order valence-electron chi connectivity index (χ1n) is 6.44. The maximum absolute atomic E-state index is 12.5. The highest BCUT2D eigenvalue weighted by molar-refractivity contribution is 5.82. The molecule has 3 heteroatoms. The summed E-state index contributed by atoms with van der Waals surface area (Å²) in [5.74, 6) is 1.07. The van der Waals surface area contributed by atoms with Gasteiger partial charge in [0.15, 0.2) is 0 Å². The third kappa shape index (κ3) is 2.35. The molecule has 1 atom stereocenters. The molecule has 0 N–H and O–H groups in total. The van der Waals surface area contributed by atoms with E-state index in [1.807, 2.05) is 49.9 Å². The van der Waals surface area contributed by atoms with Crippen molar-refractivity contribution < 1.29 is 9.53 Å². The topological polar surface area (TPSA) is 29.5 Å². The predicted molar refractivity (Wildman–Crippen MR) is 71.5 cm³/mol. The van der Waals surface area contributed by atoms with Crippen molar-refractivity contribution in [2.45, 2.75) is 33.7 Å². The van der Waals surface area contributed by atoms with Crippen LogP contribution in [0.1, 0.15) is 39.3 Å². The highest BCUT2D eigenvalue weighted by Crippen LogP contribution is 2.33. The first kappa shape index (κ1) is 12.9. The normalized spacial score (nSPS) is 19.8. The first-order chi connectivity index (χ1) is 8.41. The molecule has 1 amide bonds. The summed E-state index contributed by atoms with van der Waals surface area (Å²) in [6.07, 6.45) is 0. The van der Waals surface area contributed by atoms with Gasteiger partial charge in [0.1, 0.15) is 12.4 Å². The van der Waals surface area contributed by atoms with Crippen LogP contribution in [0.4, 0.5) is 0 Å². The number of nitrogens with zero attached hydrogens (tertiary/aromatic N) is 1. The summed E-state index contributed by atoms with van der Waals surface area (Å²) < 4.78 is 5.72. The number of rotatable bonds is 0. The summed E-state index contributed by atoms with van der Waals surface area (Å²) in [4.78, 5) is 14.4. The summed E-state index contributed by atoms with van der Waals surface area (Å²) in [7, 11) is 0. The average Bonchev–Trinajstić information content (AvgIpc) is 2.47. The molecule has 0 aromatic heterocycles. The van der Waals surface area contributed by atoms with Crippen LogP contribution < -0.4 is 4.74 Å². The lowest BCUT2D eigenvalue weighted by molar-refractivity contribution is -0.141. The molecule has 18 heavy (non-hydrogen) atoms. The number of benzene rings is 1. The van der Waals surface area contributed by atoms with Gasteiger partial charge in [0.2, 0.25) is 5.91 Å². The van der Waals surface area contributed by atoms with Crippen LogP contribution in [0.15, 0.2) is 24.3 Å². The van der Waals surface area contributed by atoms with Crippen molar-refractivity contribution in [3.63, 3.8) is 0 Å². The third-order valence-corrected chi connectivity index (χ3v) is 3.33. The Balaban J connectivity index is 2.34. The molecule has 1 aliphatic rings. The fraction of sp³-hybridized carbons (Fsp3) is 0.533. The molecule has 0 saturated carbocycles. The summed E-state index contributed by atoms with van der Waals surface area (Å²) in [5, 5.41) is 0. The second-order valence-electron chi connectivity index (χ2n) is 5.81. The van der Waals surface area contributed by atoms with Crippen LogP contribution in [-0.2, 0) is 4.79 Å². The number of carbonyl (C=O) groups is 1. The SMILES string of the molecule is C[C@H]1c2ccccc2OCCN1C(=O)C(C)(C)C. The molecule has 0 saturated heterocycles. The molecular weight excluding hydrogens is 226 g/mol. The van der Waals surface area contributed by atoms with Gasteiger partial charge < -0.3 is 9.64 Å². The molecule has 0 spiro atoms. The highest BCUT2D eigenvalue weighted by atomic mass is 16.5. The van der Waals surface area contributed by atoms with Gasteiger partial charge in [-0.05, 0) is 13.0 Å². The molecule has 1 aliphatic heterocycles. The van der Waals surface area contributed by atoms with E-state index < -0.39 is 0 Å². The number of amides is 1. The van der Waals surface area contributed by atoms with Crippen molar-refractivity contribution in [1.29, 1.82) is 0 Å². The van der Waals surface area contributed by atoms with Crippen molar-refractivity contribution in [3.8, 4) is 5.75 Å². The first-order valence-corrected chi connectivity index (χ1v) is 6.44. The molecular formula is C15H21NO2. The van der Waals surface area contributed by atoms with Crippen LogP contribution in [0, 0.1) is 5.41 Å². The zero-order valence-corrected chi connectivity index (χ0v) is 11.6. The van der Waals surface area contributed by atoms with Crippen LogP contribution in [0.5, 0.6) is 5.75 Å². The number of hydrogen-bond donors (Lipinski definition) is 0. The molecule has 0 bridgehead atoms. The fourth-order valence-corrected chi connectivity index (χ4v) is 2.28. The van der Waals surface area contributed by atoms with Gasteiger partial charge >= 0.3 is 0 Å². The van der Waals surface area contributed by atoms with Gasteiger partial charge in [0, 0.05) is 11.0 Å². The van der Waals surface area contributed by atoms with Crippen LogP contribution in [0.2, 0.25) is 0 Å². The fourth-order valence-electron chi connectivity index (χ4n) is 2.28. The molecule has 0 fully saturated rings. The Kier molecular flexibility index (Phi) is 3.33. The minimum Gasteiger partial charge on any atom is -0.491 e. The average molecular weight is 247 g/mol. The zero-order valence-electron chi connectivity index (χ0n) is 11.6. The van der Waals surface area contributed by atoms with Gasteiger partial charge in [0.25, 0.3) is 0 Å². The van der Waals surface area contributed by atoms with E-state index in [2.05, 4.69) is 6.92 Å². The third-order valence-electron chi connectivity index (χ3n) is 3.33. The molecule has 98 valence electrons. The van der Waals surface area contributed by atoms with E-state index in [1.165, 1.54) is 0 Å². The quantitative estimate of drug-likeness (QED) is 0.705. The van der Waals surface area contributed by atoms with E-state index in [4.69, 9.17) is 4.74 Å². The number of carbonyl (C=O) groups excluding carboxylic acids is 1. The van der Waals surface area contributed by atoms with Gasteiger partial charge in [-0.1, -0.05) is 39.0 Å². The number of hydrogen-bond acceptors (Lipinski definition) is 2. The second-order valence-corrected chi connectivity index (χ2v) is 5.81. The molecule has 1 heterocycles. The maximum atomic E-state index is 12.5. The van der Waals surface area contributed by atoms with Crippen LogP contribution >= 0.6 is 0 Å². The Morgan fingerprint density at radius 1 is 1.33 bits per heavy atom. The standard InChI is InChI=1S/C15H21NO2/c1-11-12-7-5-6-8-13(12)18-10-9-16(11)14(17)15(2,3)4/h5-8,11H,9-10H2,1-4H3/t11-/m0/s1. The Bertz CT molecular complexity index is 448. The van der Waals surface area contributed by atoms with Crippen molar-refractivity contribution in [1.82, 2.24) is 4.90 Å². The van der Waals surface area contributed by atoms with Crippen molar-refractivity contribution in [2.75, 3.05) is 13.2 Å². The lowest BCUT2D eigenvalue weighted by atomic mass is 9.93. The second kappa shape index (κ2) is 4.63. The summed E-state index contributed by atoms with van der Waals surface area (Å²) in [5.41, 5.74) is 0.737. The lowest BCUT2D eigenvalue weighted by Gasteiger charge is -2.32. The largest absolute Gasteiger partial charge is 0.491 e. The Morgan fingerprint density at radius 3 is 2.67 bits per heavy atom. The summed E-state index contributed by atoms with van der Waals surface area (Å²) in [6.45, 7) is 9.14. The molecule has 0 unspecified atom stereocenters. The maximum Gasteiger partial charge on any atom is 0.228 e. The Labute approximate surface area is 109 Å². The van der Waals surface area contributed by atoms with E-state index in [0.717, 1.165) is 11.3 Å². The van der Waals surface area contributed by atoms with Crippen molar-refractivity contribution in [3.05, 3.63) is 29.8 Å². The number of fused-ring (bicyclic) bond motifs is 1. The molecule has 0 radical (unpaired) electrons. The van der Waals surface area contributed by atoms with Crippen molar-refractivity contribution >= 4 is 5.91 Å². The van der Waals surface area contributed by atoms with Gasteiger partial charge in [-0.25, -0.2) is 0 Å². The van der Waals surface area contributed by atoms with Crippen molar-refractivity contribution in [2.24, 2.45) is 5.41 Å². The van der Waals surface area contributed by atoms with Crippen LogP contribution in [-0.4, -0.2) is 24.0 Å². The smallest absolute Gasteiger partial charge is 0.228 e. The highest BCUT2D eigenvalue weighted by Gasteiger charge is 2.33. The lowest BCUT2D eigenvalue weighted by Crippen LogP contribution is -2.42. The van der Waals surface area contributed by atoms with Gasteiger partial charge in [0.05, 0.1) is 12.6 Å². The Hall–Kier alpha value is -1.51. The predicted octanol–water partition coefficient (Wildman–Crippen LogP) is 3.01. The minimum absolute atomic E-state index is 0.0652. The molecule has 0 aliphatic carbocycles. The zero-order chi connectivity index (χ0) is 13.3. The number of para-hydroxylation sites is 1. The van der Waals surface area contributed by atoms with Gasteiger partial charge in [-0.15, -0.1) is 0 Å². The summed E-state index contributed by atoms with van der Waals surface area (Å²) >= 11 is 0. The van der Waals surface area contributed by atoms with E-state index in [0.29, 0.717) is 13.2 Å². The molecule has 1 aromatic rings. The van der Waals surface area contributed by atoms with Gasteiger partial charge in [-0.2, -0.15) is 0 Å².